The first kappa shape index (κ1) is 9.96. The minimum absolute atomic E-state index is 0.153. The van der Waals surface area contributed by atoms with Crippen molar-refractivity contribution in [2.45, 2.75) is 31.6 Å². The molecule has 0 unspecified atom stereocenters. The number of aromatic nitrogens is 1. The topological polar surface area (TPSA) is 70.2 Å². The molecule has 1 aliphatic carbocycles. The number of H-pyrrole nitrogens is 1. The van der Waals surface area contributed by atoms with Gasteiger partial charge in [-0.15, -0.1) is 0 Å². The zero-order chi connectivity index (χ0) is 10.8. The van der Waals surface area contributed by atoms with Gasteiger partial charge in [0.05, 0.1) is 0 Å². The Morgan fingerprint density at radius 2 is 2.07 bits per heavy atom. The van der Waals surface area contributed by atoms with Crippen molar-refractivity contribution < 1.29 is 9.90 Å². The predicted octanol–water partition coefficient (Wildman–Crippen LogP) is 1.73. The lowest BCUT2D eigenvalue weighted by Crippen LogP contribution is -2.18. The van der Waals surface area contributed by atoms with Crippen molar-refractivity contribution in [2.75, 3.05) is 0 Å². The molecule has 4 nitrogen and oxygen atoms in total. The number of aromatic carboxylic acids is 1. The Morgan fingerprint density at radius 3 is 2.67 bits per heavy atom. The average molecular weight is 207 g/mol. The number of carboxylic acid groups (broad SMARTS) is 1. The standard InChI is InChI=1S/C11H13NO3/c13-10-9(11(14)15)5-8(6-12-10)7-3-1-2-4-7/h5-7H,1-4H2,(H,12,13)(H,14,15). The molecule has 2 rings (SSSR count). The van der Waals surface area contributed by atoms with Gasteiger partial charge >= 0.3 is 5.97 Å². The van der Waals surface area contributed by atoms with Gasteiger partial charge in [-0.05, 0) is 30.4 Å². The molecule has 0 bridgehead atoms. The van der Waals surface area contributed by atoms with E-state index in [1.807, 2.05) is 0 Å². The molecule has 0 atom stereocenters. The van der Waals surface area contributed by atoms with E-state index < -0.39 is 11.5 Å². The largest absolute Gasteiger partial charge is 0.477 e. The van der Waals surface area contributed by atoms with Crippen LogP contribution in [0.5, 0.6) is 0 Å². The fraction of sp³-hybridized carbons (Fsp3) is 0.455. The molecule has 0 saturated heterocycles. The molecule has 1 fully saturated rings. The highest BCUT2D eigenvalue weighted by molar-refractivity contribution is 5.87. The van der Waals surface area contributed by atoms with Crippen LogP contribution in [0.4, 0.5) is 0 Å². The summed E-state index contributed by atoms with van der Waals surface area (Å²) in [6.07, 6.45) is 6.19. The minimum Gasteiger partial charge on any atom is -0.477 e. The highest BCUT2D eigenvalue weighted by Crippen LogP contribution is 2.33. The van der Waals surface area contributed by atoms with Crippen LogP contribution in [0.15, 0.2) is 17.1 Å². The quantitative estimate of drug-likeness (QED) is 0.775. The van der Waals surface area contributed by atoms with Gasteiger partial charge in [0.2, 0.25) is 0 Å². The first-order valence-corrected chi connectivity index (χ1v) is 5.14. The van der Waals surface area contributed by atoms with E-state index in [0.717, 1.165) is 18.4 Å². The van der Waals surface area contributed by atoms with Crippen LogP contribution < -0.4 is 5.56 Å². The molecule has 1 aromatic heterocycles. The summed E-state index contributed by atoms with van der Waals surface area (Å²) in [5, 5.41) is 8.81. The third kappa shape index (κ3) is 1.93. The van der Waals surface area contributed by atoms with Crippen LogP contribution in [0.25, 0.3) is 0 Å². The third-order valence-corrected chi connectivity index (χ3v) is 2.98. The van der Waals surface area contributed by atoms with Crippen LogP contribution in [-0.4, -0.2) is 16.1 Å². The lowest BCUT2D eigenvalue weighted by molar-refractivity contribution is 0.0695. The third-order valence-electron chi connectivity index (χ3n) is 2.98. The number of pyridine rings is 1. The summed E-state index contributed by atoms with van der Waals surface area (Å²) in [7, 11) is 0. The second-order valence-electron chi connectivity index (χ2n) is 3.96. The van der Waals surface area contributed by atoms with Crippen molar-refractivity contribution in [2.24, 2.45) is 0 Å². The van der Waals surface area contributed by atoms with Gasteiger partial charge < -0.3 is 10.1 Å². The number of hydrogen-bond donors (Lipinski definition) is 2. The molecule has 0 spiro atoms. The highest BCUT2D eigenvalue weighted by Gasteiger charge is 2.19. The van der Waals surface area contributed by atoms with Crippen molar-refractivity contribution in [3.8, 4) is 0 Å². The second kappa shape index (κ2) is 3.88. The van der Waals surface area contributed by atoms with E-state index in [1.165, 1.54) is 18.9 Å². The van der Waals surface area contributed by atoms with Crippen LogP contribution in [0.2, 0.25) is 0 Å². The van der Waals surface area contributed by atoms with Gasteiger partial charge in [-0.3, -0.25) is 4.79 Å². The Balaban J connectivity index is 2.37. The molecule has 1 heterocycles. The number of hydrogen-bond acceptors (Lipinski definition) is 2. The monoisotopic (exact) mass is 207 g/mol. The van der Waals surface area contributed by atoms with Gasteiger partial charge in [0, 0.05) is 6.20 Å². The smallest absolute Gasteiger partial charge is 0.341 e. The summed E-state index contributed by atoms with van der Waals surface area (Å²) in [4.78, 5) is 24.5. The van der Waals surface area contributed by atoms with E-state index in [2.05, 4.69) is 4.98 Å². The fourth-order valence-corrected chi connectivity index (χ4v) is 2.15. The Morgan fingerprint density at radius 1 is 1.40 bits per heavy atom. The maximum absolute atomic E-state index is 11.2. The molecule has 0 aromatic carbocycles. The van der Waals surface area contributed by atoms with Crippen molar-refractivity contribution in [1.82, 2.24) is 4.98 Å². The maximum Gasteiger partial charge on any atom is 0.341 e. The average Bonchev–Trinajstić information content (AvgIpc) is 2.71. The molecular formula is C11H13NO3. The lowest BCUT2D eigenvalue weighted by atomic mass is 9.98. The van der Waals surface area contributed by atoms with Crippen LogP contribution >= 0.6 is 0 Å². The van der Waals surface area contributed by atoms with E-state index in [-0.39, 0.29) is 5.56 Å². The molecule has 1 saturated carbocycles. The van der Waals surface area contributed by atoms with Crippen molar-refractivity contribution in [3.05, 3.63) is 33.7 Å². The van der Waals surface area contributed by atoms with Gasteiger partial charge in [-0.25, -0.2) is 4.79 Å². The highest BCUT2D eigenvalue weighted by atomic mass is 16.4. The zero-order valence-electron chi connectivity index (χ0n) is 8.32. The predicted molar refractivity (Wildman–Crippen MR) is 55.2 cm³/mol. The molecule has 4 heteroatoms. The van der Waals surface area contributed by atoms with Gasteiger partial charge in [0.15, 0.2) is 0 Å². The van der Waals surface area contributed by atoms with E-state index in [4.69, 9.17) is 5.11 Å². The second-order valence-corrected chi connectivity index (χ2v) is 3.96. The molecule has 2 N–H and O–H groups in total. The van der Waals surface area contributed by atoms with E-state index in [1.54, 1.807) is 6.20 Å². The van der Waals surface area contributed by atoms with Crippen LogP contribution in [0.1, 0.15) is 47.5 Å². The number of carbonyl (C=O) groups is 1. The first-order valence-electron chi connectivity index (χ1n) is 5.14. The Kier molecular flexibility index (Phi) is 2.58. The van der Waals surface area contributed by atoms with E-state index in [0.29, 0.717) is 5.92 Å². The number of nitrogens with one attached hydrogen (secondary N) is 1. The first-order chi connectivity index (χ1) is 7.18. The molecule has 0 aliphatic heterocycles. The van der Waals surface area contributed by atoms with Crippen LogP contribution in [0, 0.1) is 0 Å². The number of aromatic amines is 1. The summed E-state index contributed by atoms with van der Waals surface area (Å²) >= 11 is 0. The van der Waals surface area contributed by atoms with Crippen LogP contribution in [-0.2, 0) is 0 Å². The number of carboxylic acids is 1. The fourth-order valence-electron chi connectivity index (χ4n) is 2.15. The Labute approximate surface area is 87.0 Å². The summed E-state index contributed by atoms with van der Waals surface area (Å²) < 4.78 is 0. The maximum atomic E-state index is 11.2. The van der Waals surface area contributed by atoms with Crippen molar-refractivity contribution in [1.29, 1.82) is 0 Å². The van der Waals surface area contributed by atoms with Gasteiger partial charge in [-0.1, -0.05) is 12.8 Å². The zero-order valence-corrected chi connectivity index (χ0v) is 8.32. The lowest BCUT2D eigenvalue weighted by Gasteiger charge is -2.08. The molecule has 1 aromatic rings. The molecule has 15 heavy (non-hydrogen) atoms. The van der Waals surface area contributed by atoms with Gasteiger partial charge in [-0.2, -0.15) is 0 Å². The molecule has 80 valence electrons. The molecular weight excluding hydrogens is 194 g/mol. The molecule has 0 radical (unpaired) electrons. The summed E-state index contributed by atoms with van der Waals surface area (Å²) in [5.41, 5.74) is 0.271. The Bertz CT molecular complexity index is 430. The van der Waals surface area contributed by atoms with Crippen LogP contribution in [0.3, 0.4) is 0 Å². The van der Waals surface area contributed by atoms with E-state index in [9.17, 15) is 9.59 Å². The number of rotatable bonds is 2. The summed E-state index contributed by atoms with van der Waals surface area (Å²) in [6, 6.07) is 1.51. The Hall–Kier alpha value is -1.58. The van der Waals surface area contributed by atoms with E-state index >= 15 is 0 Å². The normalized spacial score (nSPS) is 16.8. The van der Waals surface area contributed by atoms with Crippen molar-refractivity contribution in [3.63, 3.8) is 0 Å². The van der Waals surface area contributed by atoms with Gasteiger partial charge in [0.1, 0.15) is 5.56 Å². The molecule has 0 amide bonds. The van der Waals surface area contributed by atoms with Crippen molar-refractivity contribution >= 4 is 5.97 Å². The molecule has 1 aliphatic rings. The summed E-state index contributed by atoms with van der Waals surface area (Å²) in [5.74, 6) is -0.740. The minimum atomic E-state index is -1.16. The van der Waals surface area contributed by atoms with Gasteiger partial charge in [0.25, 0.3) is 5.56 Å². The summed E-state index contributed by atoms with van der Waals surface area (Å²) in [6.45, 7) is 0. The SMILES string of the molecule is O=C(O)c1cc(C2CCCC2)c[nH]c1=O.